The third-order valence-corrected chi connectivity index (χ3v) is 3.83. The summed E-state index contributed by atoms with van der Waals surface area (Å²) in [6.07, 6.45) is 4.37. The van der Waals surface area contributed by atoms with Crippen molar-refractivity contribution in [3.8, 4) is 11.5 Å². The standard InChI is InChI=1S/C15H20O3/c16-7-6-13(11-2-3-11)12-4-5-14-15(10-12)18-9-1-8-17-14/h4-5,10-11,13,16H,1-3,6-9H2. The van der Waals surface area contributed by atoms with Crippen molar-refractivity contribution >= 4 is 0 Å². The van der Waals surface area contributed by atoms with E-state index in [4.69, 9.17) is 9.47 Å². The van der Waals surface area contributed by atoms with Crippen LogP contribution >= 0.6 is 0 Å². The monoisotopic (exact) mass is 248 g/mol. The lowest BCUT2D eigenvalue weighted by molar-refractivity contribution is 0.269. The zero-order valence-electron chi connectivity index (χ0n) is 10.6. The summed E-state index contributed by atoms with van der Waals surface area (Å²) in [6.45, 7) is 1.72. The Bertz CT molecular complexity index is 412. The van der Waals surface area contributed by atoms with E-state index in [0.29, 0.717) is 5.92 Å². The van der Waals surface area contributed by atoms with Crippen LogP contribution in [0, 0.1) is 5.92 Å². The Morgan fingerprint density at radius 2 is 1.94 bits per heavy atom. The molecule has 1 aromatic rings. The molecule has 3 heteroatoms. The van der Waals surface area contributed by atoms with Gasteiger partial charge >= 0.3 is 0 Å². The molecule has 2 aliphatic rings. The summed E-state index contributed by atoms with van der Waals surface area (Å²) in [5.74, 6) is 2.96. The molecule has 1 heterocycles. The van der Waals surface area contributed by atoms with Gasteiger partial charge in [0, 0.05) is 13.0 Å². The van der Waals surface area contributed by atoms with Crippen molar-refractivity contribution in [2.45, 2.75) is 31.6 Å². The van der Waals surface area contributed by atoms with Crippen molar-refractivity contribution in [1.29, 1.82) is 0 Å². The summed E-state index contributed by atoms with van der Waals surface area (Å²) in [5, 5.41) is 9.20. The first-order valence-corrected chi connectivity index (χ1v) is 6.89. The number of rotatable bonds is 4. The van der Waals surface area contributed by atoms with Crippen molar-refractivity contribution < 1.29 is 14.6 Å². The van der Waals surface area contributed by atoms with Crippen LogP contribution in [0.4, 0.5) is 0 Å². The van der Waals surface area contributed by atoms with E-state index in [1.807, 2.05) is 6.07 Å². The normalized spacial score (nSPS) is 20.3. The number of fused-ring (bicyclic) bond motifs is 1. The van der Waals surface area contributed by atoms with E-state index < -0.39 is 0 Å². The first-order valence-electron chi connectivity index (χ1n) is 6.89. The van der Waals surface area contributed by atoms with Gasteiger partial charge in [-0.15, -0.1) is 0 Å². The number of aliphatic hydroxyl groups excluding tert-OH is 1. The zero-order chi connectivity index (χ0) is 12.4. The Labute approximate surface area is 108 Å². The number of benzene rings is 1. The Morgan fingerprint density at radius 3 is 2.67 bits per heavy atom. The van der Waals surface area contributed by atoms with Gasteiger partial charge in [0.25, 0.3) is 0 Å². The third-order valence-electron chi connectivity index (χ3n) is 3.83. The van der Waals surface area contributed by atoms with Crippen LogP contribution in [0.25, 0.3) is 0 Å². The summed E-state index contributed by atoms with van der Waals surface area (Å²) >= 11 is 0. The fourth-order valence-corrected chi connectivity index (χ4v) is 2.72. The summed E-state index contributed by atoms with van der Waals surface area (Å²) in [5.41, 5.74) is 1.29. The Kier molecular flexibility index (Phi) is 3.41. The largest absolute Gasteiger partial charge is 0.490 e. The molecule has 3 nitrogen and oxygen atoms in total. The predicted octanol–water partition coefficient (Wildman–Crippen LogP) is 2.72. The van der Waals surface area contributed by atoms with Crippen LogP contribution in [0.1, 0.15) is 37.2 Å². The van der Waals surface area contributed by atoms with Gasteiger partial charge in [0.05, 0.1) is 13.2 Å². The molecule has 0 bridgehead atoms. The molecule has 98 valence electrons. The predicted molar refractivity (Wildman–Crippen MR) is 69.2 cm³/mol. The van der Waals surface area contributed by atoms with Gasteiger partial charge in [0.1, 0.15) is 0 Å². The van der Waals surface area contributed by atoms with Gasteiger partial charge < -0.3 is 14.6 Å². The SMILES string of the molecule is OCCC(c1ccc2c(c1)OCCCO2)C1CC1. The van der Waals surface area contributed by atoms with Crippen LogP contribution in [-0.4, -0.2) is 24.9 Å². The maximum atomic E-state index is 9.20. The minimum atomic E-state index is 0.260. The Balaban J connectivity index is 1.85. The van der Waals surface area contributed by atoms with Crippen molar-refractivity contribution in [2.24, 2.45) is 5.92 Å². The second kappa shape index (κ2) is 5.19. The van der Waals surface area contributed by atoms with Crippen LogP contribution < -0.4 is 9.47 Å². The topological polar surface area (TPSA) is 38.7 Å². The molecular formula is C15H20O3. The average Bonchev–Trinajstić information content (AvgIpc) is 3.21. The molecule has 1 aliphatic heterocycles. The lowest BCUT2D eigenvalue weighted by atomic mass is 9.91. The van der Waals surface area contributed by atoms with E-state index in [0.717, 1.165) is 43.5 Å². The summed E-state index contributed by atoms with van der Waals surface area (Å²) in [7, 11) is 0. The smallest absolute Gasteiger partial charge is 0.161 e. The van der Waals surface area contributed by atoms with E-state index in [-0.39, 0.29) is 6.61 Å². The number of hydrogen-bond acceptors (Lipinski definition) is 3. The van der Waals surface area contributed by atoms with E-state index in [2.05, 4.69) is 12.1 Å². The highest BCUT2D eigenvalue weighted by Gasteiger charge is 2.32. The van der Waals surface area contributed by atoms with Gasteiger partial charge in [-0.2, -0.15) is 0 Å². The number of ether oxygens (including phenoxy) is 2. The fourth-order valence-electron chi connectivity index (χ4n) is 2.72. The highest BCUT2D eigenvalue weighted by Crippen LogP contribution is 2.46. The van der Waals surface area contributed by atoms with Gasteiger partial charge in [0.15, 0.2) is 11.5 Å². The lowest BCUT2D eigenvalue weighted by Gasteiger charge is -2.17. The molecule has 3 rings (SSSR count). The molecule has 0 radical (unpaired) electrons. The summed E-state index contributed by atoms with van der Waals surface area (Å²) < 4.78 is 11.4. The quantitative estimate of drug-likeness (QED) is 0.890. The first kappa shape index (κ1) is 11.8. The van der Waals surface area contributed by atoms with Gasteiger partial charge in [0.2, 0.25) is 0 Å². The molecule has 1 fully saturated rings. The maximum Gasteiger partial charge on any atom is 0.161 e. The number of aliphatic hydroxyl groups is 1. The molecule has 0 saturated heterocycles. The van der Waals surface area contributed by atoms with E-state index >= 15 is 0 Å². The molecule has 1 aromatic carbocycles. The van der Waals surface area contributed by atoms with Gasteiger partial charge in [-0.3, -0.25) is 0 Å². The molecule has 1 atom stereocenters. The average molecular weight is 248 g/mol. The summed E-state index contributed by atoms with van der Waals surface area (Å²) in [6, 6.07) is 6.26. The molecular weight excluding hydrogens is 228 g/mol. The van der Waals surface area contributed by atoms with Crippen LogP contribution in [0.3, 0.4) is 0 Å². The van der Waals surface area contributed by atoms with Crippen molar-refractivity contribution in [3.63, 3.8) is 0 Å². The van der Waals surface area contributed by atoms with E-state index in [9.17, 15) is 5.11 Å². The highest BCUT2D eigenvalue weighted by molar-refractivity contribution is 5.44. The van der Waals surface area contributed by atoms with Crippen LogP contribution in [-0.2, 0) is 0 Å². The maximum absolute atomic E-state index is 9.20. The minimum Gasteiger partial charge on any atom is -0.490 e. The van der Waals surface area contributed by atoms with Crippen molar-refractivity contribution in [3.05, 3.63) is 23.8 Å². The molecule has 0 amide bonds. The second-order valence-corrected chi connectivity index (χ2v) is 5.21. The number of hydrogen-bond donors (Lipinski definition) is 1. The molecule has 0 aromatic heterocycles. The zero-order valence-corrected chi connectivity index (χ0v) is 10.6. The molecule has 18 heavy (non-hydrogen) atoms. The molecule has 1 unspecified atom stereocenters. The third kappa shape index (κ3) is 2.46. The minimum absolute atomic E-state index is 0.260. The van der Waals surface area contributed by atoms with Gasteiger partial charge in [-0.1, -0.05) is 6.07 Å². The van der Waals surface area contributed by atoms with Crippen molar-refractivity contribution in [2.75, 3.05) is 19.8 Å². The Morgan fingerprint density at radius 1 is 1.17 bits per heavy atom. The highest BCUT2D eigenvalue weighted by atomic mass is 16.5. The van der Waals surface area contributed by atoms with Gasteiger partial charge in [-0.05, 0) is 48.8 Å². The molecule has 1 aliphatic carbocycles. The Hall–Kier alpha value is -1.22. The second-order valence-electron chi connectivity index (χ2n) is 5.21. The van der Waals surface area contributed by atoms with Crippen molar-refractivity contribution in [1.82, 2.24) is 0 Å². The molecule has 1 saturated carbocycles. The fraction of sp³-hybridized carbons (Fsp3) is 0.600. The van der Waals surface area contributed by atoms with Crippen LogP contribution in [0.15, 0.2) is 18.2 Å². The van der Waals surface area contributed by atoms with E-state index in [1.54, 1.807) is 0 Å². The first-order chi connectivity index (χ1) is 8.88. The lowest BCUT2D eigenvalue weighted by Crippen LogP contribution is -2.04. The van der Waals surface area contributed by atoms with Crippen LogP contribution in [0.2, 0.25) is 0 Å². The van der Waals surface area contributed by atoms with Crippen LogP contribution in [0.5, 0.6) is 11.5 Å². The van der Waals surface area contributed by atoms with E-state index in [1.165, 1.54) is 18.4 Å². The molecule has 0 spiro atoms. The summed E-state index contributed by atoms with van der Waals surface area (Å²) in [4.78, 5) is 0. The van der Waals surface area contributed by atoms with Gasteiger partial charge in [-0.25, -0.2) is 0 Å². The molecule has 1 N–H and O–H groups in total.